The van der Waals surface area contributed by atoms with E-state index in [1.807, 2.05) is 48.5 Å². The van der Waals surface area contributed by atoms with Crippen molar-refractivity contribution in [2.75, 3.05) is 26.1 Å². The summed E-state index contributed by atoms with van der Waals surface area (Å²) in [6.45, 7) is -0.430. The van der Waals surface area contributed by atoms with E-state index in [1.165, 1.54) is 26.4 Å². The molecule has 0 heterocycles. The Balaban J connectivity index is 1.54. The van der Waals surface area contributed by atoms with Gasteiger partial charge in [0.2, 0.25) is 15.9 Å². The summed E-state index contributed by atoms with van der Waals surface area (Å²) in [6, 6.07) is 29.7. The van der Waals surface area contributed by atoms with Crippen LogP contribution in [-0.4, -0.2) is 39.4 Å². The monoisotopic (exact) mass is 532 g/mol. The fourth-order valence-corrected chi connectivity index (χ4v) is 5.28. The number of nitrogens with one attached hydrogen (secondary N) is 1. The second-order valence-corrected chi connectivity index (χ2v) is 10.2. The molecule has 0 saturated heterocycles. The summed E-state index contributed by atoms with van der Waals surface area (Å²) in [5.74, 6) is 1.30. The van der Waals surface area contributed by atoms with Crippen molar-refractivity contribution in [3.05, 3.63) is 109 Å². The number of methoxy groups -OCH3 is 2. The van der Waals surface area contributed by atoms with Crippen LogP contribution in [0.4, 0.5) is 5.69 Å². The Morgan fingerprint density at radius 3 is 2.00 bits per heavy atom. The minimum absolute atomic E-state index is 0.0131. The number of hydrogen-bond donors (Lipinski definition) is 1. The van der Waals surface area contributed by atoms with Gasteiger partial charge in [-0.05, 0) is 54.1 Å². The maximum Gasteiger partial charge on any atom is 0.247 e. The molecule has 0 aliphatic heterocycles. The molecule has 196 valence electrons. The summed E-state index contributed by atoms with van der Waals surface area (Å²) < 4.78 is 45.0. The molecule has 38 heavy (non-hydrogen) atoms. The van der Waals surface area contributed by atoms with Crippen LogP contribution in [0.15, 0.2) is 108 Å². The van der Waals surface area contributed by atoms with Crippen LogP contribution >= 0.6 is 0 Å². The van der Waals surface area contributed by atoms with Crippen LogP contribution in [0.3, 0.4) is 0 Å². The molecule has 1 N–H and O–H groups in total. The van der Waals surface area contributed by atoms with Gasteiger partial charge in [-0.25, -0.2) is 8.42 Å². The van der Waals surface area contributed by atoms with Gasteiger partial charge in [-0.2, -0.15) is 4.31 Å². The third-order valence-corrected chi connectivity index (χ3v) is 7.44. The first kappa shape index (κ1) is 26.7. The van der Waals surface area contributed by atoms with Gasteiger partial charge in [0.15, 0.2) is 0 Å². The van der Waals surface area contributed by atoms with Gasteiger partial charge in [-0.3, -0.25) is 4.79 Å². The SMILES string of the molecule is COc1ccc(OC)c(S(=O)(=O)N(CC(=O)Nc2ccc(Oc3ccccc3)cc2)Cc2ccccc2)c1. The Morgan fingerprint density at radius 2 is 1.37 bits per heavy atom. The van der Waals surface area contributed by atoms with Gasteiger partial charge in [0.05, 0.1) is 20.8 Å². The minimum Gasteiger partial charge on any atom is -0.497 e. The van der Waals surface area contributed by atoms with E-state index in [-0.39, 0.29) is 17.2 Å². The Hall–Kier alpha value is -4.34. The van der Waals surface area contributed by atoms with Crippen molar-refractivity contribution in [2.24, 2.45) is 0 Å². The lowest BCUT2D eigenvalue weighted by Gasteiger charge is -2.23. The number of rotatable bonds is 11. The first-order chi connectivity index (χ1) is 18.4. The van der Waals surface area contributed by atoms with E-state index in [9.17, 15) is 13.2 Å². The molecule has 0 aliphatic rings. The van der Waals surface area contributed by atoms with Crippen LogP contribution < -0.4 is 19.5 Å². The lowest BCUT2D eigenvalue weighted by Crippen LogP contribution is -2.37. The predicted octanol–water partition coefficient (Wildman–Crippen LogP) is 5.33. The normalized spacial score (nSPS) is 11.1. The molecule has 0 saturated carbocycles. The molecule has 0 aliphatic carbocycles. The lowest BCUT2D eigenvalue weighted by molar-refractivity contribution is -0.116. The fraction of sp³-hybridized carbons (Fsp3) is 0.138. The first-order valence-electron chi connectivity index (χ1n) is 11.8. The van der Waals surface area contributed by atoms with Gasteiger partial charge in [0.1, 0.15) is 27.9 Å². The third-order valence-electron chi connectivity index (χ3n) is 5.63. The maximum absolute atomic E-state index is 13.8. The van der Waals surface area contributed by atoms with Crippen molar-refractivity contribution in [3.8, 4) is 23.0 Å². The zero-order valence-corrected chi connectivity index (χ0v) is 21.9. The fourth-order valence-electron chi connectivity index (χ4n) is 3.73. The second kappa shape index (κ2) is 12.3. The molecular formula is C29H28N2O6S. The molecule has 4 aromatic rings. The Labute approximate surface area is 222 Å². The zero-order valence-electron chi connectivity index (χ0n) is 21.0. The molecule has 0 unspecified atom stereocenters. The number of hydrogen-bond acceptors (Lipinski definition) is 6. The van der Waals surface area contributed by atoms with Gasteiger partial charge in [-0.1, -0.05) is 48.5 Å². The van der Waals surface area contributed by atoms with Crippen LogP contribution in [0.5, 0.6) is 23.0 Å². The number of carbonyl (C=O) groups is 1. The molecule has 1 amide bonds. The van der Waals surface area contributed by atoms with Crippen molar-refractivity contribution >= 4 is 21.6 Å². The Morgan fingerprint density at radius 1 is 0.763 bits per heavy atom. The van der Waals surface area contributed by atoms with Crippen molar-refractivity contribution in [1.82, 2.24) is 4.31 Å². The van der Waals surface area contributed by atoms with Gasteiger partial charge in [-0.15, -0.1) is 0 Å². The Bertz CT molecular complexity index is 1460. The van der Waals surface area contributed by atoms with Crippen LogP contribution in [0, 0.1) is 0 Å². The standard InChI is InChI=1S/C29H28N2O6S/c1-35-26-17-18-27(36-2)28(19-26)38(33,34)31(20-22-9-5-3-6-10-22)21-29(32)30-23-13-15-25(16-14-23)37-24-11-7-4-8-12-24/h3-19H,20-21H2,1-2H3,(H,30,32). The quantitative estimate of drug-likeness (QED) is 0.281. The molecule has 4 aromatic carbocycles. The van der Waals surface area contributed by atoms with Gasteiger partial charge in [0.25, 0.3) is 0 Å². The summed E-state index contributed by atoms with van der Waals surface area (Å²) in [7, 11) is -1.32. The summed E-state index contributed by atoms with van der Waals surface area (Å²) in [5.41, 5.74) is 1.24. The van der Waals surface area contributed by atoms with Crippen LogP contribution in [0.2, 0.25) is 0 Å². The van der Waals surface area contributed by atoms with Gasteiger partial charge < -0.3 is 19.5 Å². The zero-order chi connectivity index (χ0) is 27.0. The highest BCUT2D eigenvalue weighted by Crippen LogP contribution is 2.31. The average molecular weight is 533 g/mol. The van der Waals surface area contributed by atoms with E-state index < -0.39 is 22.5 Å². The molecule has 4 rings (SSSR count). The van der Waals surface area contributed by atoms with Crippen molar-refractivity contribution in [2.45, 2.75) is 11.4 Å². The first-order valence-corrected chi connectivity index (χ1v) is 13.2. The lowest BCUT2D eigenvalue weighted by atomic mass is 10.2. The van der Waals surface area contributed by atoms with Crippen molar-refractivity contribution in [1.29, 1.82) is 0 Å². The second-order valence-electron chi connectivity index (χ2n) is 8.26. The van der Waals surface area contributed by atoms with Crippen molar-refractivity contribution in [3.63, 3.8) is 0 Å². The predicted molar refractivity (Wildman–Crippen MR) is 145 cm³/mol. The number of nitrogens with zero attached hydrogens (tertiary/aromatic N) is 1. The molecule has 0 atom stereocenters. The number of ether oxygens (including phenoxy) is 3. The number of benzene rings is 4. The number of amides is 1. The largest absolute Gasteiger partial charge is 0.497 e. The number of para-hydroxylation sites is 1. The van der Waals surface area contributed by atoms with Crippen LogP contribution in [0.25, 0.3) is 0 Å². The van der Waals surface area contributed by atoms with Gasteiger partial charge >= 0.3 is 0 Å². The van der Waals surface area contributed by atoms with E-state index in [0.717, 1.165) is 9.87 Å². The Kier molecular flexibility index (Phi) is 8.62. The highest BCUT2D eigenvalue weighted by Gasteiger charge is 2.30. The number of sulfonamides is 1. The molecule has 9 heteroatoms. The number of anilines is 1. The summed E-state index contributed by atoms with van der Waals surface area (Å²) in [4.78, 5) is 12.9. The topological polar surface area (TPSA) is 94.2 Å². The summed E-state index contributed by atoms with van der Waals surface area (Å²) in [6.07, 6.45) is 0. The van der Waals surface area contributed by atoms with Crippen LogP contribution in [-0.2, 0) is 21.4 Å². The molecule has 0 aromatic heterocycles. The maximum atomic E-state index is 13.8. The third kappa shape index (κ3) is 6.70. The van der Waals surface area contributed by atoms with Crippen molar-refractivity contribution < 1.29 is 27.4 Å². The smallest absolute Gasteiger partial charge is 0.247 e. The number of carbonyl (C=O) groups excluding carboxylic acids is 1. The van der Waals surface area contributed by atoms with E-state index in [2.05, 4.69) is 5.32 Å². The highest BCUT2D eigenvalue weighted by atomic mass is 32.2. The van der Waals surface area contributed by atoms with Gasteiger partial charge in [0, 0.05) is 18.3 Å². The minimum atomic E-state index is -4.16. The summed E-state index contributed by atoms with van der Waals surface area (Å²) in [5, 5.41) is 2.77. The van der Waals surface area contributed by atoms with Crippen LogP contribution in [0.1, 0.15) is 5.56 Å². The van der Waals surface area contributed by atoms with E-state index in [4.69, 9.17) is 14.2 Å². The molecule has 0 spiro atoms. The average Bonchev–Trinajstić information content (AvgIpc) is 2.94. The molecule has 0 fully saturated rings. The molecule has 8 nitrogen and oxygen atoms in total. The molecule has 0 bridgehead atoms. The van der Waals surface area contributed by atoms with E-state index >= 15 is 0 Å². The molecule has 0 radical (unpaired) electrons. The highest BCUT2D eigenvalue weighted by molar-refractivity contribution is 7.89. The van der Waals surface area contributed by atoms with E-state index in [1.54, 1.807) is 42.5 Å². The summed E-state index contributed by atoms with van der Waals surface area (Å²) >= 11 is 0. The van der Waals surface area contributed by atoms with E-state index in [0.29, 0.717) is 22.9 Å². The molecular weight excluding hydrogens is 504 g/mol.